The largest absolute Gasteiger partial charge is 0.497 e. The third-order valence-electron chi connectivity index (χ3n) is 3.23. The Hall–Kier alpha value is -1.95. The van der Waals surface area contributed by atoms with Crippen molar-refractivity contribution >= 4 is 17.3 Å². The van der Waals surface area contributed by atoms with Gasteiger partial charge in [-0.05, 0) is 12.1 Å². The summed E-state index contributed by atoms with van der Waals surface area (Å²) in [4.78, 5) is 8.52. The van der Waals surface area contributed by atoms with Gasteiger partial charge in [-0.2, -0.15) is 0 Å². The molecule has 2 rings (SSSR count). The Labute approximate surface area is 119 Å². The van der Waals surface area contributed by atoms with Crippen LogP contribution in [0.15, 0.2) is 23.2 Å². The quantitative estimate of drug-likeness (QED) is 0.661. The van der Waals surface area contributed by atoms with Crippen LogP contribution in [0.3, 0.4) is 0 Å². The molecule has 0 unspecified atom stereocenters. The number of benzene rings is 1. The third kappa shape index (κ3) is 3.33. The molecule has 1 heterocycles. The fourth-order valence-electron chi connectivity index (χ4n) is 2.01. The van der Waals surface area contributed by atoms with E-state index in [-0.39, 0.29) is 0 Å². The smallest absolute Gasteiger partial charge is 0.196 e. The molecule has 6 heteroatoms. The van der Waals surface area contributed by atoms with Crippen LogP contribution in [0.4, 0.5) is 11.4 Å². The van der Waals surface area contributed by atoms with E-state index < -0.39 is 0 Å². The zero-order chi connectivity index (χ0) is 14.5. The lowest BCUT2D eigenvalue weighted by molar-refractivity contribution is 0.122. The molecule has 20 heavy (non-hydrogen) atoms. The zero-order valence-corrected chi connectivity index (χ0v) is 12.3. The summed E-state index contributed by atoms with van der Waals surface area (Å²) in [5.74, 6) is 1.29. The molecule has 1 fully saturated rings. The van der Waals surface area contributed by atoms with Crippen LogP contribution in [0.25, 0.3) is 0 Å². The second-order valence-electron chi connectivity index (χ2n) is 4.82. The maximum Gasteiger partial charge on any atom is 0.196 e. The molecule has 0 spiro atoms. The van der Waals surface area contributed by atoms with Gasteiger partial charge in [0.15, 0.2) is 5.96 Å². The highest BCUT2D eigenvalue weighted by atomic mass is 16.5. The molecule has 0 atom stereocenters. The first-order valence-electron chi connectivity index (χ1n) is 6.64. The molecule has 1 saturated heterocycles. The first-order chi connectivity index (χ1) is 9.61. The van der Waals surface area contributed by atoms with E-state index >= 15 is 0 Å². The number of rotatable bonds is 3. The van der Waals surface area contributed by atoms with Crippen molar-refractivity contribution in [1.82, 2.24) is 4.90 Å². The highest BCUT2D eigenvalue weighted by Crippen LogP contribution is 2.33. The minimum absolute atomic E-state index is 0.477. The van der Waals surface area contributed by atoms with Crippen LogP contribution in [0.2, 0.25) is 0 Å². The van der Waals surface area contributed by atoms with Gasteiger partial charge in [-0.15, -0.1) is 0 Å². The van der Waals surface area contributed by atoms with Gasteiger partial charge in [0, 0.05) is 33.3 Å². The van der Waals surface area contributed by atoms with Crippen molar-refractivity contribution in [3.8, 4) is 5.75 Å². The van der Waals surface area contributed by atoms with Gasteiger partial charge in [0.1, 0.15) is 5.75 Å². The molecule has 0 amide bonds. The van der Waals surface area contributed by atoms with E-state index in [4.69, 9.17) is 15.2 Å². The fraction of sp³-hybridized carbons (Fsp3) is 0.500. The SMILES string of the molecule is COc1ccc(N=C(N)N(C)C)c(N2CCOCC2)c1. The van der Waals surface area contributed by atoms with Gasteiger partial charge in [-0.3, -0.25) is 0 Å². The fourth-order valence-corrected chi connectivity index (χ4v) is 2.01. The summed E-state index contributed by atoms with van der Waals surface area (Å²) in [6.07, 6.45) is 0. The second-order valence-corrected chi connectivity index (χ2v) is 4.82. The van der Waals surface area contributed by atoms with Crippen molar-refractivity contribution in [3.63, 3.8) is 0 Å². The van der Waals surface area contributed by atoms with E-state index in [0.717, 1.165) is 43.4 Å². The van der Waals surface area contributed by atoms with Crippen molar-refractivity contribution < 1.29 is 9.47 Å². The topological polar surface area (TPSA) is 63.3 Å². The summed E-state index contributed by atoms with van der Waals surface area (Å²) in [5.41, 5.74) is 7.79. The predicted molar refractivity (Wildman–Crippen MR) is 81.0 cm³/mol. The van der Waals surface area contributed by atoms with Crippen LogP contribution < -0.4 is 15.4 Å². The number of hydrogen-bond acceptors (Lipinski definition) is 4. The number of ether oxygens (including phenoxy) is 2. The molecule has 1 aromatic carbocycles. The Morgan fingerprint density at radius 1 is 1.35 bits per heavy atom. The van der Waals surface area contributed by atoms with E-state index in [0.29, 0.717) is 5.96 Å². The molecular weight excluding hydrogens is 256 g/mol. The average Bonchev–Trinajstić information content (AvgIpc) is 2.48. The standard InChI is InChI=1S/C14H22N4O2/c1-17(2)14(15)16-12-5-4-11(19-3)10-13(12)18-6-8-20-9-7-18/h4-5,10H,6-9H2,1-3H3,(H2,15,16). The number of morpholine rings is 1. The lowest BCUT2D eigenvalue weighted by atomic mass is 10.2. The number of aliphatic imine (C=N–C) groups is 1. The molecule has 0 saturated carbocycles. The molecule has 1 aliphatic rings. The third-order valence-corrected chi connectivity index (χ3v) is 3.23. The van der Waals surface area contributed by atoms with Crippen LogP contribution in [0.5, 0.6) is 5.75 Å². The molecule has 0 aliphatic carbocycles. The van der Waals surface area contributed by atoms with E-state index in [9.17, 15) is 0 Å². The molecule has 2 N–H and O–H groups in total. The van der Waals surface area contributed by atoms with E-state index in [1.54, 1.807) is 12.0 Å². The summed E-state index contributed by atoms with van der Waals surface area (Å²) < 4.78 is 10.7. The molecule has 110 valence electrons. The van der Waals surface area contributed by atoms with E-state index in [1.165, 1.54) is 0 Å². The number of hydrogen-bond donors (Lipinski definition) is 1. The average molecular weight is 278 g/mol. The number of nitrogens with two attached hydrogens (primary N) is 1. The lowest BCUT2D eigenvalue weighted by Gasteiger charge is -2.30. The summed E-state index contributed by atoms with van der Waals surface area (Å²) in [6, 6.07) is 5.82. The van der Waals surface area contributed by atoms with Crippen molar-refractivity contribution in [2.24, 2.45) is 10.7 Å². The Bertz CT molecular complexity index is 482. The molecular formula is C14H22N4O2. The number of methoxy groups -OCH3 is 1. The van der Waals surface area contributed by atoms with Gasteiger partial charge < -0.3 is 25.0 Å². The first kappa shape index (κ1) is 14.5. The minimum atomic E-state index is 0.477. The summed E-state index contributed by atoms with van der Waals surface area (Å²) in [5, 5.41) is 0. The first-order valence-corrected chi connectivity index (χ1v) is 6.64. The van der Waals surface area contributed by atoms with Crippen molar-refractivity contribution in [2.75, 3.05) is 52.4 Å². The molecule has 1 aliphatic heterocycles. The van der Waals surface area contributed by atoms with Crippen molar-refractivity contribution in [1.29, 1.82) is 0 Å². The maximum atomic E-state index is 5.92. The van der Waals surface area contributed by atoms with E-state index in [2.05, 4.69) is 9.89 Å². The highest BCUT2D eigenvalue weighted by molar-refractivity contribution is 5.84. The molecule has 1 aromatic rings. The summed E-state index contributed by atoms with van der Waals surface area (Å²) in [6.45, 7) is 3.14. The van der Waals surface area contributed by atoms with Gasteiger partial charge in [0.05, 0.1) is 31.7 Å². The molecule has 0 radical (unpaired) electrons. The predicted octanol–water partition coefficient (Wildman–Crippen LogP) is 1.04. The van der Waals surface area contributed by atoms with Crippen molar-refractivity contribution in [2.45, 2.75) is 0 Å². The number of nitrogens with zero attached hydrogens (tertiary/aromatic N) is 3. The Morgan fingerprint density at radius 2 is 2.05 bits per heavy atom. The van der Waals surface area contributed by atoms with Gasteiger partial charge in [0.2, 0.25) is 0 Å². The Kier molecular flexibility index (Phi) is 4.68. The van der Waals surface area contributed by atoms with Gasteiger partial charge >= 0.3 is 0 Å². The highest BCUT2D eigenvalue weighted by Gasteiger charge is 2.16. The monoisotopic (exact) mass is 278 g/mol. The normalized spacial score (nSPS) is 16.1. The zero-order valence-electron chi connectivity index (χ0n) is 12.3. The molecule has 0 aromatic heterocycles. The van der Waals surface area contributed by atoms with Crippen LogP contribution in [-0.2, 0) is 4.74 Å². The second kappa shape index (κ2) is 6.47. The van der Waals surface area contributed by atoms with Crippen LogP contribution >= 0.6 is 0 Å². The minimum Gasteiger partial charge on any atom is -0.497 e. The van der Waals surface area contributed by atoms with Gasteiger partial charge in [0.25, 0.3) is 0 Å². The van der Waals surface area contributed by atoms with E-state index in [1.807, 2.05) is 32.3 Å². The van der Waals surface area contributed by atoms with Crippen molar-refractivity contribution in [3.05, 3.63) is 18.2 Å². The van der Waals surface area contributed by atoms with Gasteiger partial charge in [-0.25, -0.2) is 4.99 Å². The number of anilines is 1. The van der Waals surface area contributed by atoms with Gasteiger partial charge in [-0.1, -0.05) is 0 Å². The lowest BCUT2D eigenvalue weighted by Crippen LogP contribution is -2.36. The Balaban J connectivity index is 2.37. The summed E-state index contributed by atoms with van der Waals surface area (Å²) in [7, 11) is 5.41. The maximum absolute atomic E-state index is 5.92. The van der Waals surface area contributed by atoms with Crippen LogP contribution in [0.1, 0.15) is 0 Å². The molecule has 0 bridgehead atoms. The Morgan fingerprint density at radius 3 is 2.65 bits per heavy atom. The van der Waals surface area contributed by atoms with Crippen LogP contribution in [-0.4, -0.2) is 58.4 Å². The number of guanidine groups is 1. The summed E-state index contributed by atoms with van der Waals surface area (Å²) >= 11 is 0. The van der Waals surface area contributed by atoms with Crippen LogP contribution in [0, 0.1) is 0 Å². The molecule has 6 nitrogen and oxygen atoms in total.